The first-order valence-corrected chi connectivity index (χ1v) is 9.04. The first-order valence-electron chi connectivity index (χ1n) is 7.45. The SMILES string of the molecule is NCCCCc1c(-c2cccc(Br)c2)[nH]c2ccc(Br)cc12. The van der Waals surface area contributed by atoms with Gasteiger partial charge in [0.05, 0.1) is 0 Å². The van der Waals surface area contributed by atoms with Gasteiger partial charge in [-0.3, -0.25) is 0 Å². The van der Waals surface area contributed by atoms with E-state index in [-0.39, 0.29) is 0 Å². The standard InChI is InChI=1S/C18H18Br2N2/c19-13-5-3-4-12(10-13)18-15(6-1-2-9-21)16-11-14(20)7-8-17(16)22-18/h3-5,7-8,10-11,22H,1-2,6,9,21H2. The number of aromatic nitrogens is 1. The minimum atomic E-state index is 0.748. The predicted octanol–water partition coefficient (Wildman–Crippen LogP) is 5.64. The Morgan fingerprint density at radius 1 is 0.955 bits per heavy atom. The number of unbranched alkanes of at least 4 members (excludes halogenated alkanes) is 1. The predicted molar refractivity (Wildman–Crippen MR) is 101 cm³/mol. The van der Waals surface area contributed by atoms with E-state index in [1.807, 2.05) is 0 Å². The van der Waals surface area contributed by atoms with E-state index in [2.05, 4.69) is 79.3 Å². The van der Waals surface area contributed by atoms with Crippen molar-refractivity contribution in [2.45, 2.75) is 19.3 Å². The number of rotatable bonds is 5. The Morgan fingerprint density at radius 3 is 2.55 bits per heavy atom. The third-order valence-corrected chi connectivity index (χ3v) is 4.85. The quantitative estimate of drug-likeness (QED) is 0.514. The molecule has 114 valence electrons. The molecule has 0 unspecified atom stereocenters. The summed E-state index contributed by atoms with van der Waals surface area (Å²) in [6, 6.07) is 14.8. The van der Waals surface area contributed by atoms with Gasteiger partial charge in [-0.2, -0.15) is 0 Å². The molecule has 0 amide bonds. The van der Waals surface area contributed by atoms with E-state index in [1.54, 1.807) is 0 Å². The number of halogens is 2. The normalized spacial score (nSPS) is 11.2. The zero-order valence-corrected chi connectivity index (χ0v) is 15.4. The van der Waals surface area contributed by atoms with E-state index in [1.165, 1.54) is 27.7 Å². The molecule has 0 saturated heterocycles. The molecule has 22 heavy (non-hydrogen) atoms. The van der Waals surface area contributed by atoms with Crippen molar-refractivity contribution in [2.75, 3.05) is 6.54 Å². The van der Waals surface area contributed by atoms with Gasteiger partial charge in [-0.15, -0.1) is 0 Å². The van der Waals surface area contributed by atoms with Gasteiger partial charge in [0, 0.05) is 25.5 Å². The lowest BCUT2D eigenvalue weighted by molar-refractivity contribution is 0.748. The van der Waals surface area contributed by atoms with Gasteiger partial charge in [-0.05, 0) is 67.3 Å². The lowest BCUT2D eigenvalue weighted by Crippen LogP contribution is -1.99. The van der Waals surface area contributed by atoms with Gasteiger partial charge < -0.3 is 10.7 Å². The fraction of sp³-hybridized carbons (Fsp3) is 0.222. The monoisotopic (exact) mass is 420 g/mol. The van der Waals surface area contributed by atoms with Gasteiger partial charge in [0.1, 0.15) is 0 Å². The molecule has 3 N–H and O–H groups in total. The van der Waals surface area contributed by atoms with E-state index < -0.39 is 0 Å². The van der Waals surface area contributed by atoms with Gasteiger partial charge in [0.25, 0.3) is 0 Å². The summed E-state index contributed by atoms with van der Waals surface area (Å²) in [6.45, 7) is 0.748. The van der Waals surface area contributed by atoms with Gasteiger partial charge >= 0.3 is 0 Å². The molecule has 4 heteroatoms. The molecule has 0 fully saturated rings. The molecule has 1 aromatic heterocycles. The third kappa shape index (κ3) is 3.29. The second-order valence-electron chi connectivity index (χ2n) is 5.42. The van der Waals surface area contributed by atoms with Crippen LogP contribution in [0.4, 0.5) is 0 Å². The largest absolute Gasteiger partial charge is 0.354 e. The zero-order valence-electron chi connectivity index (χ0n) is 12.2. The Hall–Kier alpha value is -1.10. The number of aryl methyl sites for hydroxylation is 1. The van der Waals surface area contributed by atoms with Crippen LogP contribution in [0.5, 0.6) is 0 Å². The van der Waals surface area contributed by atoms with Gasteiger partial charge in [0.2, 0.25) is 0 Å². The van der Waals surface area contributed by atoms with E-state index in [0.717, 1.165) is 34.8 Å². The number of H-pyrrole nitrogens is 1. The highest BCUT2D eigenvalue weighted by atomic mass is 79.9. The molecule has 3 rings (SSSR count). The minimum absolute atomic E-state index is 0.748. The molecule has 0 aliphatic rings. The molecule has 0 atom stereocenters. The van der Waals surface area contributed by atoms with E-state index >= 15 is 0 Å². The number of benzene rings is 2. The molecular weight excluding hydrogens is 404 g/mol. The van der Waals surface area contributed by atoms with Crippen LogP contribution in [0.2, 0.25) is 0 Å². The summed E-state index contributed by atoms with van der Waals surface area (Å²) in [7, 11) is 0. The average Bonchev–Trinajstić information content (AvgIpc) is 2.86. The van der Waals surface area contributed by atoms with Crippen LogP contribution in [0.1, 0.15) is 18.4 Å². The minimum Gasteiger partial charge on any atom is -0.354 e. The Balaban J connectivity index is 2.13. The molecule has 1 heterocycles. The van der Waals surface area contributed by atoms with Crippen molar-refractivity contribution in [3.05, 3.63) is 57.0 Å². The van der Waals surface area contributed by atoms with Crippen molar-refractivity contribution in [1.29, 1.82) is 0 Å². The first-order chi connectivity index (χ1) is 10.7. The molecule has 0 spiro atoms. The molecule has 0 saturated carbocycles. The Morgan fingerprint density at radius 2 is 1.77 bits per heavy atom. The Labute approximate surface area is 147 Å². The van der Waals surface area contributed by atoms with Crippen molar-refractivity contribution < 1.29 is 0 Å². The smallest absolute Gasteiger partial charge is 0.0497 e. The zero-order chi connectivity index (χ0) is 15.5. The summed E-state index contributed by atoms with van der Waals surface area (Å²) in [5.41, 5.74) is 10.6. The maximum Gasteiger partial charge on any atom is 0.0497 e. The van der Waals surface area contributed by atoms with Crippen LogP contribution in [-0.4, -0.2) is 11.5 Å². The van der Waals surface area contributed by atoms with Crippen molar-refractivity contribution in [3.8, 4) is 11.3 Å². The second-order valence-corrected chi connectivity index (χ2v) is 7.26. The molecule has 0 radical (unpaired) electrons. The van der Waals surface area contributed by atoms with Crippen LogP contribution in [0.3, 0.4) is 0 Å². The van der Waals surface area contributed by atoms with Crippen molar-refractivity contribution in [3.63, 3.8) is 0 Å². The van der Waals surface area contributed by atoms with Crippen LogP contribution in [0, 0.1) is 0 Å². The molecule has 2 aromatic carbocycles. The third-order valence-electron chi connectivity index (χ3n) is 3.86. The van der Waals surface area contributed by atoms with Gasteiger partial charge in [-0.25, -0.2) is 0 Å². The summed E-state index contributed by atoms with van der Waals surface area (Å²) >= 11 is 7.15. The fourth-order valence-corrected chi connectivity index (χ4v) is 3.58. The molecule has 3 aromatic rings. The number of hydrogen-bond donors (Lipinski definition) is 2. The maximum absolute atomic E-state index is 5.65. The van der Waals surface area contributed by atoms with Crippen molar-refractivity contribution >= 4 is 42.8 Å². The number of nitrogens with one attached hydrogen (secondary N) is 1. The van der Waals surface area contributed by atoms with E-state index in [0.29, 0.717) is 0 Å². The van der Waals surface area contributed by atoms with Crippen LogP contribution < -0.4 is 5.73 Å². The molecule has 0 bridgehead atoms. The number of hydrogen-bond acceptors (Lipinski definition) is 1. The van der Waals surface area contributed by atoms with Crippen LogP contribution >= 0.6 is 31.9 Å². The highest BCUT2D eigenvalue weighted by Gasteiger charge is 2.13. The van der Waals surface area contributed by atoms with E-state index in [9.17, 15) is 0 Å². The van der Waals surface area contributed by atoms with Crippen LogP contribution in [0.25, 0.3) is 22.2 Å². The highest BCUT2D eigenvalue weighted by molar-refractivity contribution is 9.10. The number of fused-ring (bicyclic) bond motifs is 1. The van der Waals surface area contributed by atoms with Crippen molar-refractivity contribution in [2.24, 2.45) is 5.73 Å². The highest BCUT2D eigenvalue weighted by Crippen LogP contribution is 2.34. The van der Waals surface area contributed by atoms with Gasteiger partial charge in [-0.1, -0.05) is 44.0 Å². The first kappa shape index (κ1) is 15.8. The topological polar surface area (TPSA) is 41.8 Å². The number of nitrogens with two attached hydrogens (primary N) is 1. The fourth-order valence-electron chi connectivity index (χ4n) is 2.82. The molecule has 0 aliphatic carbocycles. The summed E-state index contributed by atoms with van der Waals surface area (Å²) in [6.07, 6.45) is 3.20. The summed E-state index contributed by atoms with van der Waals surface area (Å²) in [5, 5.41) is 1.29. The molecule has 2 nitrogen and oxygen atoms in total. The average molecular weight is 422 g/mol. The lowest BCUT2D eigenvalue weighted by Gasteiger charge is -2.06. The maximum atomic E-state index is 5.65. The summed E-state index contributed by atoms with van der Waals surface area (Å²) < 4.78 is 2.21. The molecule has 0 aliphatic heterocycles. The lowest BCUT2D eigenvalue weighted by atomic mass is 10.0. The van der Waals surface area contributed by atoms with Crippen molar-refractivity contribution in [1.82, 2.24) is 4.98 Å². The van der Waals surface area contributed by atoms with E-state index in [4.69, 9.17) is 5.73 Å². The second kappa shape index (κ2) is 6.99. The Bertz CT molecular complexity index is 793. The number of aromatic amines is 1. The van der Waals surface area contributed by atoms with Crippen LogP contribution in [0.15, 0.2) is 51.4 Å². The Kier molecular flexibility index (Phi) is 5.01. The molecular formula is C18H18Br2N2. The van der Waals surface area contributed by atoms with Gasteiger partial charge in [0.15, 0.2) is 0 Å². The summed E-state index contributed by atoms with van der Waals surface area (Å²) in [4.78, 5) is 3.59. The summed E-state index contributed by atoms with van der Waals surface area (Å²) in [5.74, 6) is 0. The van der Waals surface area contributed by atoms with Crippen LogP contribution in [-0.2, 0) is 6.42 Å².